The van der Waals surface area contributed by atoms with E-state index in [1.807, 2.05) is 0 Å². The number of amides is 2. The van der Waals surface area contributed by atoms with Crippen LogP contribution in [0.4, 0.5) is 4.79 Å². The first-order valence-electron chi connectivity index (χ1n) is 3.58. The largest absolute Gasteiger partial charge is 0.467 e. The van der Waals surface area contributed by atoms with Crippen LogP contribution in [0.15, 0.2) is 22.8 Å². The predicted octanol–water partition coefficient (Wildman–Crippen LogP) is 0.0829. The maximum absolute atomic E-state index is 10.5. The number of hydroxylamine groups is 2. The van der Waals surface area contributed by atoms with Gasteiger partial charge in [-0.3, -0.25) is 5.21 Å². The van der Waals surface area contributed by atoms with Crippen molar-refractivity contribution in [1.29, 1.82) is 0 Å². The molecular formula is C7H10N2O4. The minimum absolute atomic E-state index is 0.221. The molecule has 0 bridgehead atoms. The number of furan rings is 1. The number of rotatable bonds is 3. The van der Waals surface area contributed by atoms with Crippen molar-refractivity contribution in [1.82, 2.24) is 5.06 Å². The average Bonchev–Trinajstić information content (AvgIpc) is 2.58. The maximum Gasteiger partial charge on any atom is 0.339 e. The molecular weight excluding hydrogens is 176 g/mol. The normalized spacial score (nSPS) is 12.5. The molecule has 0 aliphatic heterocycles. The Hall–Kier alpha value is -1.53. The van der Waals surface area contributed by atoms with Crippen LogP contribution >= 0.6 is 0 Å². The Morgan fingerprint density at radius 2 is 2.46 bits per heavy atom. The highest BCUT2D eigenvalue weighted by atomic mass is 16.5. The van der Waals surface area contributed by atoms with E-state index in [1.54, 1.807) is 6.07 Å². The highest BCUT2D eigenvalue weighted by Gasteiger charge is 2.23. The number of hydrogen-bond donors (Lipinski definition) is 3. The summed E-state index contributed by atoms with van der Waals surface area (Å²) in [4.78, 5) is 10.5. The summed E-state index contributed by atoms with van der Waals surface area (Å²) in [6, 6.07) is 1.10. The van der Waals surface area contributed by atoms with Crippen LogP contribution in [0.1, 0.15) is 11.8 Å². The second-order valence-electron chi connectivity index (χ2n) is 2.40. The van der Waals surface area contributed by atoms with E-state index in [9.17, 15) is 4.79 Å². The van der Waals surface area contributed by atoms with Crippen molar-refractivity contribution in [2.75, 3.05) is 6.61 Å². The Labute approximate surface area is 74.1 Å². The van der Waals surface area contributed by atoms with E-state index in [0.29, 0.717) is 0 Å². The Morgan fingerprint density at radius 3 is 2.85 bits per heavy atom. The molecule has 1 aromatic heterocycles. The second kappa shape index (κ2) is 3.92. The summed E-state index contributed by atoms with van der Waals surface area (Å²) in [5.74, 6) is 0.267. The van der Waals surface area contributed by atoms with Crippen molar-refractivity contribution in [3.05, 3.63) is 24.2 Å². The number of carbonyl (C=O) groups is 1. The Morgan fingerprint density at radius 1 is 1.77 bits per heavy atom. The summed E-state index contributed by atoms with van der Waals surface area (Å²) < 4.78 is 4.89. The smallest absolute Gasteiger partial charge is 0.339 e. The number of aliphatic hydroxyl groups is 1. The molecule has 0 spiro atoms. The topological polar surface area (TPSA) is 99.9 Å². The van der Waals surface area contributed by atoms with Gasteiger partial charge in [-0.1, -0.05) is 0 Å². The fraction of sp³-hybridized carbons (Fsp3) is 0.286. The second-order valence-corrected chi connectivity index (χ2v) is 2.40. The van der Waals surface area contributed by atoms with Gasteiger partial charge in [0.1, 0.15) is 11.8 Å². The van der Waals surface area contributed by atoms with Gasteiger partial charge in [-0.25, -0.2) is 4.79 Å². The predicted molar refractivity (Wildman–Crippen MR) is 41.7 cm³/mol. The van der Waals surface area contributed by atoms with Crippen LogP contribution in [-0.4, -0.2) is 28.0 Å². The van der Waals surface area contributed by atoms with Gasteiger partial charge in [-0.15, -0.1) is 0 Å². The van der Waals surface area contributed by atoms with Crippen molar-refractivity contribution >= 4 is 6.03 Å². The molecule has 6 nitrogen and oxygen atoms in total. The molecule has 2 amide bonds. The SMILES string of the molecule is NC(=O)N(O)C(CO)c1ccco1. The lowest BCUT2D eigenvalue weighted by Crippen LogP contribution is -2.37. The third-order valence-electron chi connectivity index (χ3n) is 1.57. The molecule has 4 N–H and O–H groups in total. The van der Waals surface area contributed by atoms with E-state index in [0.717, 1.165) is 0 Å². The number of nitrogens with zero attached hydrogens (tertiary/aromatic N) is 1. The summed E-state index contributed by atoms with van der Waals surface area (Å²) in [5.41, 5.74) is 4.80. The summed E-state index contributed by atoms with van der Waals surface area (Å²) in [7, 11) is 0. The molecule has 13 heavy (non-hydrogen) atoms. The monoisotopic (exact) mass is 186 g/mol. The summed E-state index contributed by atoms with van der Waals surface area (Å²) in [5, 5.41) is 18.2. The van der Waals surface area contributed by atoms with E-state index in [2.05, 4.69) is 0 Å². The quantitative estimate of drug-likeness (QED) is 0.459. The van der Waals surface area contributed by atoms with Gasteiger partial charge in [0.25, 0.3) is 0 Å². The molecule has 72 valence electrons. The summed E-state index contributed by atoms with van der Waals surface area (Å²) in [6.07, 6.45) is 1.37. The van der Waals surface area contributed by atoms with Gasteiger partial charge in [-0.2, -0.15) is 5.06 Å². The first kappa shape index (κ1) is 9.56. The molecule has 0 aliphatic carbocycles. The highest BCUT2D eigenvalue weighted by Crippen LogP contribution is 2.18. The molecule has 1 rings (SSSR count). The van der Waals surface area contributed by atoms with E-state index >= 15 is 0 Å². The number of primary amides is 1. The summed E-state index contributed by atoms with van der Waals surface area (Å²) in [6.45, 7) is -0.465. The lowest BCUT2D eigenvalue weighted by Gasteiger charge is -2.19. The van der Waals surface area contributed by atoms with Crippen molar-refractivity contribution in [2.24, 2.45) is 5.73 Å². The lowest BCUT2D eigenvalue weighted by atomic mass is 10.2. The lowest BCUT2D eigenvalue weighted by molar-refractivity contribution is -0.0951. The van der Waals surface area contributed by atoms with Gasteiger partial charge in [0.2, 0.25) is 0 Å². The molecule has 1 heterocycles. The van der Waals surface area contributed by atoms with Gasteiger partial charge in [-0.05, 0) is 12.1 Å². The molecule has 0 fully saturated rings. The van der Waals surface area contributed by atoms with Gasteiger partial charge < -0.3 is 15.3 Å². The van der Waals surface area contributed by atoms with Crippen molar-refractivity contribution < 1.29 is 19.5 Å². The zero-order valence-corrected chi connectivity index (χ0v) is 6.75. The number of hydrogen-bond acceptors (Lipinski definition) is 4. The molecule has 0 saturated carbocycles. The number of carbonyl (C=O) groups excluding carboxylic acids is 1. The van der Waals surface area contributed by atoms with Crippen molar-refractivity contribution in [3.63, 3.8) is 0 Å². The minimum Gasteiger partial charge on any atom is -0.467 e. The van der Waals surface area contributed by atoms with Crippen LogP contribution in [0.3, 0.4) is 0 Å². The molecule has 1 aromatic rings. The first-order chi connectivity index (χ1) is 6.16. The van der Waals surface area contributed by atoms with E-state index in [1.165, 1.54) is 12.3 Å². The standard InChI is InChI=1S/C7H10N2O4/c8-7(11)9(12)5(4-10)6-2-1-3-13-6/h1-3,5,10,12H,4H2,(H2,8,11). The first-order valence-corrected chi connectivity index (χ1v) is 3.58. The van der Waals surface area contributed by atoms with Crippen LogP contribution in [0.25, 0.3) is 0 Å². The maximum atomic E-state index is 10.5. The molecule has 6 heteroatoms. The number of urea groups is 1. The Balaban J connectivity index is 2.79. The Kier molecular flexibility index (Phi) is 2.88. The minimum atomic E-state index is -1.05. The molecule has 0 aliphatic rings. The fourth-order valence-electron chi connectivity index (χ4n) is 0.922. The average molecular weight is 186 g/mol. The van der Waals surface area contributed by atoms with Crippen LogP contribution in [0.2, 0.25) is 0 Å². The molecule has 0 radical (unpaired) electrons. The van der Waals surface area contributed by atoms with E-state index in [4.69, 9.17) is 20.5 Å². The van der Waals surface area contributed by atoms with E-state index in [-0.39, 0.29) is 10.8 Å². The molecule has 0 aromatic carbocycles. The zero-order valence-electron chi connectivity index (χ0n) is 6.75. The van der Waals surface area contributed by atoms with Crippen LogP contribution in [0.5, 0.6) is 0 Å². The van der Waals surface area contributed by atoms with Crippen molar-refractivity contribution in [3.8, 4) is 0 Å². The van der Waals surface area contributed by atoms with Crippen LogP contribution in [0, 0.1) is 0 Å². The third kappa shape index (κ3) is 1.98. The third-order valence-corrected chi connectivity index (χ3v) is 1.57. The van der Waals surface area contributed by atoms with Gasteiger partial charge in [0.05, 0.1) is 12.9 Å². The van der Waals surface area contributed by atoms with Gasteiger partial charge in [0.15, 0.2) is 0 Å². The van der Waals surface area contributed by atoms with Gasteiger partial charge in [0, 0.05) is 0 Å². The van der Waals surface area contributed by atoms with Crippen molar-refractivity contribution in [2.45, 2.75) is 6.04 Å². The van der Waals surface area contributed by atoms with Crippen LogP contribution in [-0.2, 0) is 0 Å². The Bertz CT molecular complexity index is 272. The van der Waals surface area contributed by atoms with E-state index < -0.39 is 18.7 Å². The summed E-state index contributed by atoms with van der Waals surface area (Å²) >= 11 is 0. The molecule has 1 atom stereocenters. The molecule has 0 saturated heterocycles. The molecule has 1 unspecified atom stereocenters. The van der Waals surface area contributed by atoms with Crippen LogP contribution < -0.4 is 5.73 Å². The zero-order chi connectivity index (χ0) is 9.84. The number of nitrogens with two attached hydrogens (primary N) is 1. The van der Waals surface area contributed by atoms with Gasteiger partial charge >= 0.3 is 6.03 Å². The highest BCUT2D eigenvalue weighted by molar-refractivity contribution is 5.71. The fourth-order valence-corrected chi connectivity index (χ4v) is 0.922. The number of aliphatic hydroxyl groups excluding tert-OH is 1.